The SMILES string of the molecule is Cc1c(Cl)nnc(N(C)Cc2cccs2)c1C. The van der Waals surface area contributed by atoms with Crippen molar-refractivity contribution < 1.29 is 0 Å². The minimum Gasteiger partial charge on any atom is -0.353 e. The van der Waals surface area contributed by atoms with Gasteiger partial charge in [-0.1, -0.05) is 17.7 Å². The van der Waals surface area contributed by atoms with Crippen LogP contribution in [0.25, 0.3) is 0 Å². The maximum atomic E-state index is 5.94. The lowest BCUT2D eigenvalue weighted by atomic mass is 10.2. The zero-order chi connectivity index (χ0) is 12.4. The first kappa shape index (κ1) is 12.3. The largest absolute Gasteiger partial charge is 0.353 e. The quantitative estimate of drug-likeness (QED) is 0.853. The van der Waals surface area contributed by atoms with Gasteiger partial charge in [0.15, 0.2) is 11.0 Å². The molecular formula is C12H14ClN3S. The fourth-order valence-electron chi connectivity index (χ4n) is 1.64. The third kappa shape index (κ3) is 2.58. The summed E-state index contributed by atoms with van der Waals surface area (Å²) in [7, 11) is 2.02. The molecule has 2 heterocycles. The molecule has 5 heteroatoms. The van der Waals surface area contributed by atoms with Crippen molar-refractivity contribution in [2.45, 2.75) is 20.4 Å². The summed E-state index contributed by atoms with van der Waals surface area (Å²) in [6.07, 6.45) is 0. The Labute approximate surface area is 110 Å². The summed E-state index contributed by atoms with van der Waals surface area (Å²) in [6, 6.07) is 4.17. The molecule has 0 spiro atoms. The first-order valence-electron chi connectivity index (χ1n) is 5.32. The molecular weight excluding hydrogens is 254 g/mol. The highest BCUT2D eigenvalue weighted by Gasteiger charge is 2.12. The van der Waals surface area contributed by atoms with E-state index in [9.17, 15) is 0 Å². The van der Waals surface area contributed by atoms with Gasteiger partial charge in [-0.05, 0) is 36.4 Å². The van der Waals surface area contributed by atoms with Crippen LogP contribution >= 0.6 is 22.9 Å². The normalized spacial score (nSPS) is 10.6. The number of rotatable bonds is 3. The van der Waals surface area contributed by atoms with Crippen LogP contribution in [0.2, 0.25) is 5.15 Å². The van der Waals surface area contributed by atoms with Gasteiger partial charge in [0.1, 0.15) is 0 Å². The highest BCUT2D eigenvalue weighted by atomic mass is 35.5. The Hall–Kier alpha value is -1.13. The van der Waals surface area contributed by atoms with E-state index < -0.39 is 0 Å². The molecule has 0 aliphatic carbocycles. The van der Waals surface area contributed by atoms with Crippen LogP contribution in [0.4, 0.5) is 5.82 Å². The standard InChI is InChI=1S/C12H14ClN3S/c1-8-9(2)12(15-14-11(8)13)16(3)7-10-5-4-6-17-10/h4-6H,7H2,1-3H3. The Kier molecular flexibility index (Phi) is 3.64. The van der Waals surface area contributed by atoms with E-state index in [-0.39, 0.29) is 0 Å². The van der Waals surface area contributed by atoms with Gasteiger partial charge in [-0.15, -0.1) is 21.5 Å². The van der Waals surface area contributed by atoms with E-state index >= 15 is 0 Å². The van der Waals surface area contributed by atoms with Gasteiger partial charge in [-0.25, -0.2) is 0 Å². The van der Waals surface area contributed by atoms with Gasteiger partial charge in [0.25, 0.3) is 0 Å². The van der Waals surface area contributed by atoms with Crippen molar-refractivity contribution in [3.8, 4) is 0 Å². The Morgan fingerprint density at radius 1 is 1.29 bits per heavy atom. The topological polar surface area (TPSA) is 29.0 Å². The molecule has 2 aromatic rings. The number of thiophene rings is 1. The second-order valence-electron chi connectivity index (χ2n) is 4.00. The molecule has 17 heavy (non-hydrogen) atoms. The number of hydrogen-bond acceptors (Lipinski definition) is 4. The first-order valence-corrected chi connectivity index (χ1v) is 6.58. The van der Waals surface area contributed by atoms with Crippen LogP contribution in [-0.4, -0.2) is 17.2 Å². The summed E-state index contributed by atoms with van der Waals surface area (Å²) in [5, 5.41) is 10.7. The fraction of sp³-hybridized carbons (Fsp3) is 0.333. The Bertz CT molecular complexity index is 511. The van der Waals surface area contributed by atoms with Crippen molar-refractivity contribution in [2.75, 3.05) is 11.9 Å². The Morgan fingerprint density at radius 2 is 2.06 bits per heavy atom. The molecule has 0 saturated heterocycles. The highest BCUT2D eigenvalue weighted by molar-refractivity contribution is 7.09. The number of hydrogen-bond donors (Lipinski definition) is 0. The first-order chi connectivity index (χ1) is 8.09. The van der Waals surface area contributed by atoms with Crippen LogP contribution in [0.1, 0.15) is 16.0 Å². The predicted molar refractivity (Wildman–Crippen MR) is 72.9 cm³/mol. The lowest BCUT2D eigenvalue weighted by molar-refractivity contribution is 0.861. The van der Waals surface area contributed by atoms with Gasteiger partial charge in [-0.3, -0.25) is 0 Å². The second-order valence-corrected chi connectivity index (χ2v) is 5.39. The van der Waals surface area contributed by atoms with E-state index in [1.807, 2.05) is 20.9 Å². The predicted octanol–water partition coefficient (Wildman–Crippen LogP) is 3.44. The number of aromatic nitrogens is 2. The summed E-state index contributed by atoms with van der Waals surface area (Å²) in [4.78, 5) is 3.40. The maximum absolute atomic E-state index is 5.94. The average molecular weight is 268 g/mol. The third-order valence-corrected chi connectivity index (χ3v) is 3.99. The summed E-state index contributed by atoms with van der Waals surface area (Å²) in [5.74, 6) is 0.889. The Balaban J connectivity index is 2.25. The van der Waals surface area contributed by atoms with Gasteiger partial charge >= 0.3 is 0 Å². The zero-order valence-electron chi connectivity index (χ0n) is 10.1. The number of nitrogens with zero attached hydrogens (tertiary/aromatic N) is 3. The van der Waals surface area contributed by atoms with Crippen LogP contribution in [0.5, 0.6) is 0 Å². The van der Waals surface area contributed by atoms with E-state index in [1.165, 1.54) is 4.88 Å². The summed E-state index contributed by atoms with van der Waals surface area (Å²) < 4.78 is 0. The molecule has 90 valence electrons. The monoisotopic (exact) mass is 267 g/mol. The van der Waals surface area contributed by atoms with Crippen molar-refractivity contribution in [1.82, 2.24) is 10.2 Å². The summed E-state index contributed by atoms with van der Waals surface area (Å²) in [6.45, 7) is 4.83. The molecule has 2 rings (SSSR count). The van der Waals surface area contributed by atoms with E-state index in [4.69, 9.17) is 11.6 Å². The smallest absolute Gasteiger partial charge is 0.155 e. The molecule has 0 saturated carbocycles. The average Bonchev–Trinajstić information content (AvgIpc) is 2.78. The minimum atomic E-state index is 0.482. The lowest BCUT2D eigenvalue weighted by Crippen LogP contribution is -2.19. The molecule has 0 radical (unpaired) electrons. The van der Waals surface area contributed by atoms with E-state index in [2.05, 4.69) is 32.6 Å². The lowest BCUT2D eigenvalue weighted by Gasteiger charge is -2.19. The number of halogens is 1. The molecule has 0 aliphatic rings. The van der Waals surface area contributed by atoms with Crippen molar-refractivity contribution >= 4 is 28.8 Å². The molecule has 0 bridgehead atoms. The van der Waals surface area contributed by atoms with E-state index in [0.29, 0.717) is 5.15 Å². The molecule has 2 aromatic heterocycles. The van der Waals surface area contributed by atoms with Crippen molar-refractivity contribution in [3.63, 3.8) is 0 Å². The van der Waals surface area contributed by atoms with Gasteiger partial charge in [0, 0.05) is 11.9 Å². The molecule has 0 N–H and O–H groups in total. The number of anilines is 1. The summed E-state index contributed by atoms with van der Waals surface area (Å²) in [5.41, 5.74) is 2.08. The highest BCUT2D eigenvalue weighted by Crippen LogP contribution is 2.24. The van der Waals surface area contributed by atoms with Crippen LogP contribution in [0, 0.1) is 13.8 Å². The molecule has 0 aromatic carbocycles. The Morgan fingerprint density at radius 3 is 2.71 bits per heavy atom. The van der Waals surface area contributed by atoms with Gasteiger partial charge in [0.05, 0.1) is 6.54 Å². The minimum absolute atomic E-state index is 0.482. The van der Waals surface area contributed by atoms with Crippen LogP contribution < -0.4 is 4.90 Å². The van der Waals surface area contributed by atoms with E-state index in [0.717, 1.165) is 23.5 Å². The molecule has 0 amide bonds. The second kappa shape index (κ2) is 5.02. The van der Waals surface area contributed by atoms with Crippen molar-refractivity contribution in [2.24, 2.45) is 0 Å². The third-order valence-electron chi connectivity index (χ3n) is 2.77. The molecule has 3 nitrogen and oxygen atoms in total. The summed E-state index contributed by atoms with van der Waals surface area (Å²) >= 11 is 7.69. The van der Waals surface area contributed by atoms with Crippen LogP contribution in [0.15, 0.2) is 17.5 Å². The maximum Gasteiger partial charge on any atom is 0.155 e. The van der Waals surface area contributed by atoms with Gasteiger partial charge in [0.2, 0.25) is 0 Å². The molecule has 0 unspecified atom stereocenters. The van der Waals surface area contributed by atoms with Gasteiger partial charge in [-0.2, -0.15) is 0 Å². The van der Waals surface area contributed by atoms with E-state index in [1.54, 1.807) is 11.3 Å². The van der Waals surface area contributed by atoms with Crippen molar-refractivity contribution in [3.05, 3.63) is 38.7 Å². The van der Waals surface area contributed by atoms with Crippen molar-refractivity contribution in [1.29, 1.82) is 0 Å². The molecule has 0 aliphatic heterocycles. The van der Waals surface area contributed by atoms with Gasteiger partial charge < -0.3 is 4.90 Å². The van der Waals surface area contributed by atoms with Crippen LogP contribution in [-0.2, 0) is 6.54 Å². The molecule has 0 atom stereocenters. The zero-order valence-corrected chi connectivity index (χ0v) is 11.6. The van der Waals surface area contributed by atoms with Crippen LogP contribution in [0.3, 0.4) is 0 Å². The molecule has 0 fully saturated rings. The fourth-order valence-corrected chi connectivity index (χ4v) is 2.57.